The van der Waals surface area contributed by atoms with E-state index in [2.05, 4.69) is 0 Å². The molecule has 0 saturated heterocycles. The van der Waals surface area contributed by atoms with E-state index in [-0.39, 0.29) is 6.54 Å². The Morgan fingerprint density at radius 1 is 1.64 bits per heavy atom. The molecule has 1 aromatic rings. The van der Waals surface area contributed by atoms with Gasteiger partial charge in [0.05, 0.1) is 0 Å². The van der Waals surface area contributed by atoms with Crippen LogP contribution >= 0.6 is 0 Å². The van der Waals surface area contributed by atoms with Crippen LogP contribution in [-0.2, 0) is 4.79 Å². The van der Waals surface area contributed by atoms with Gasteiger partial charge < -0.3 is 15.6 Å². The second kappa shape index (κ2) is 4.62. The molecule has 4 nitrogen and oxygen atoms in total. The molecule has 0 spiro atoms. The SMILES string of the molecule is Cc1cccc(OC(CN)C(=O)O)c1. The standard InChI is InChI=1S/C10H13NO3/c1-7-3-2-4-8(5-7)14-9(6-11)10(12)13/h2-5,9H,6,11H2,1H3,(H,12,13). The molecule has 0 aliphatic heterocycles. The van der Waals surface area contributed by atoms with E-state index in [9.17, 15) is 4.79 Å². The minimum absolute atomic E-state index is 0.0384. The molecule has 0 amide bonds. The molecule has 0 fully saturated rings. The second-order valence-corrected chi connectivity index (χ2v) is 3.00. The number of carboxylic acid groups (broad SMARTS) is 1. The summed E-state index contributed by atoms with van der Waals surface area (Å²) >= 11 is 0. The summed E-state index contributed by atoms with van der Waals surface area (Å²) in [6.07, 6.45) is -0.975. The lowest BCUT2D eigenvalue weighted by Crippen LogP contribution is -2.34. The van der Waals surface area contributed by atoms with Crippen LogP contribution in [0.15, 0.2) is 24.3 Å². The Labute approximate surface area is 82.3 Å². The molecule has 0 saturated carbocycles. The van der Waals surface area contributed by atoms with Gasteiger partial charge in [0.1, 0.15) is 5.75 Å². The maximum atomic E-state index is 10.6. The van der Waals surface area contributed by atoms with Gasteiger partial charge in [-0.2, -0.15) is 0 Å². The molecule has 0 bridgehead atoms. The van der Waals surface area contributed by atoms with E-state index < -0.39 is 12.1 Å². The van der Waals surface area contributed by atoms with Gasteiger partial charge in [0.25, 0.3) is 0 Å². The lowest BCUT2D eigenvalue weighted by Gasteiger charge is -2.12. The van der Waals surface area contributed by atoms with Crippen LogP contribution in [0.5, 0.6) is 5.75 Å². The molecule has 3 N–H and O–H groups in total. The normalized spacial score (nSPS) is 12.1. The summed E-state index contributed by atoms with van der Waals surface area (Å²) in [6.45, 7) is 1.87. The van der Waals surface area contributed by atoms with Gasteiger partial charge in [0.15, 0.2) is 0 Å². The molecular weight excluding hydrogens is 182 g/mol. The maximum Gasteiger partial charge on any atom is 0.346 e. The number of nitrogens with two attached hydrogens (primary N) is 1. The van der Waals surface area contributed by atoms with Crippen LogP contribution in [0, 0.1) is 6.92 Å². The highest BCUT2D eigenvalue weighted by molar-refractivity contribution is 5.73. The molecule has 0 aromatic heterocycles. The Balaban J connectivity index is 2.72. The molecule has 1 aromatic carbocycles. The van der Waals surface area contributed by atoms with E-state index in [1.807, 2.05) is 13.0 Å². The number of hydrogen-bond donors (Lipinski definition) is 2. The monoisotopic (exact) mass is 195 g/mol. The van der Waals surface area contributed by atoms with Crippen molar-refractivity contribution in [2.24, 2.45) is 5.73 Å². The minimum atomic E-state index is -1.05. The molecule has 4 heteroatoms. The first kappa shape index (κ1) is 10.5. The first-order chi connectivity index (χ1) is 6.63. The van der Waals surface area contributed by atoms with Gasteiger partial charge in [-0.15, -0.1) is 0 Å². The quantitative estimate of drug-likeness (QED) is 0.744. The average molecular weight is 195 g/mol. The Kier molecular flexibility index (Phi) is 3.48. The molecule has 0 heterocycles. The van der Waals surface area contributed by atoms with E-state index in [1.54, 1.807) is 18.2 Å². The molecule has 0 radical (unpaired) electrons. The third-order valence-electron chi connectivity index (χ3n) is 1.76. The van der Waals surface area contributed by atoms with Crippen LogP contribution in [0.4, 0.5) is 0 Å². The summed E-state index contributed by atoms with van der Waals surface area (Å²) in [5.41, 5.74) is 6.27. The van der Waals surface area contributed by atoms with Gasteiger partial charge in [0.2, 0.25) is 6.10 Å². The summed E-state index contributed by atoms with van der Waals surface area (Å²) < 4.78 is 5.18. The summed E-state index contributed by atoms with van der Waals surface area (Å²) in [5.74, 6) is -0.517. The fraction of sp³-hybridized carbons (Fsp3) is 0.300. The van der Waals surface area contributed by atoms with Crippen LogP contribution in [0.3, 0.4) is 0 Å². The Morgan fingerprint density at radius 3 is 2.86 bits per heavy atom. The van der Waals surface area contributed by atoms with Crippen molar-refractivity contribution in [2.75, 3.05) is 6.54 Å². The molecule has 0 aliphatic carbocycles. The Bertz CT molecular complexity index is 325. The van der Waals surface area contributed by atoms with Crippen LogP contribution < -0.4 is 10.5 Å². The number of hydrogen-bond acceptors (Lipinski definition) is 3. The van der Waals surface area contributed by atoms with Crippen LogP contribution in [-0.4, -0.2) is 23.7 Å². The van der Waals surface area contributed by atoms with Crippen molar-refractivity contribution in [1.29, 1.82) is 0 Å². The molecule has 0 aliphatic rings. The number of ether oxygens (including phenoxy) is 1. The molecule has 1 rings (SSSR count). The number of carbonyl (C=O) groups is 1. The topological polar surface area (TPSA) is 72.5 Å². The van der Waals surface area contributed by atoms with Crippen molar-refractivity contribution in [3.05, 3.63) is 29.8 Å². The van der Waals surface area contributed by atoms with Crippen molar-refractivity contribution in [2.45, 2.75) is 13.0 Å². The van der Waals surface area contributed by atoms with Crippen molar-refractivity contribution in [3.63, 3.8) is 0 Å². The van der Waals surface area contributed by atoms with Gasteiger partial charge in [-0.05, 0) is 24.6 Å². The van der Waals surface area contributed by atoms with Crippen LogP contribution in [0.25, 0.3) is 0 Å². The van der Waals surface area contributed by atoms with Crippen molar-refractivity contribution < 1.29 is 14.6 Å². The third-order valence-corrected chi connectivity index (χ3v) is 1.76. The number of rotatable bonds is 4. The summed E-state index contributed by atoms with van der Waals surface area (Å²) in [4.78, 5) is 10.6. The maximum absolute atomic E-state index is 10.6. The number of benzene rings is 1. The smallest absolute Gasteiger partial charge is 0.346 e. The van der Waals surface area contributed by atoms with E-state index in [1.165, 1.54) is 0 Å². The minimum Gasteiger partial charge on any atom is -0.478 e. The third kappa shape index (κ3) is 2.74. The van der Waals surface area contributed by atoms with Gasteiger partial charge in [-0.3, -0.25) is 0 Å². The highest BCUT2D eigenvalue weighted by Gasteiger charge is 2.16. The van der Waals surface area contributed by atoms with Gasteiger partial charge in [-0.1, -0.05) is 12.1 Å². The number of aryl methyl sites for hydroxylation is 1. The lowest BCUT2D eigenvalue weighted by atomic mass is 10.2. The zero-order valence-corrected chi connectivity index (χ0v) is 7.93. The van der Waals surface area contributed by atoms with Crippen molar-refractivity contribution in [1.82, 2.24) is 0 Å². The van der Waals surface area contributed by atoms with Gasteiger partial charge in [-0.25, -0.2) is 4.79 Å². The van der Waals surface area contributed by atoms with E-state index in [0.29, 0.717) is 5.75 Å². The number of carboxylic acids is 1. The predicted octanol–water partition coefficient (Wildman–Crippen LogP) is 0.786. The molecule has 14 heavy (non-hydrogen) atoms. The van der Waals surface area contributed by atoms with Gasteiger partial charge >= 0.3 is 5.97 Å². The molecule has 1 unspecified atom stereocenters. The van der Waals surface area contributed by atoms with E-state index in [0.717, 1.165) is 5.56 Å². The summed E-state index contributed by atoms with van der Waals surface area (Å²) in [7, 11) is 0. The van der Waals surface area contributed by atoms with Crippen LogP contribution in [0.1, 0.15) is 5.56 Å². The fourth-order valence-electron chi connectivity index (χ4n) is 1.05. The Hall–Kier alpha value is -1.55. The van der Waals surface area contributed by atoms with Gasteiger partial charge in [0, 0.05) is 6.54 Å². The zero-order chi connectivity index (χ0) is 10.6. The first-order valence-corrected chi connectivity index (χ1v) is 4.29. The highest BCUT2D eigenvalue weighted by Crippen LogP contribution is 2.13. The fourth-order valence-corrected chi connectivity index (χ4v) is 1.05. The van der Waals surface area contributed by atoms with Crippen molar-refractivity contribution in [3.8, 4) is 5.75 Å². The van der Waals surface area contributed by atoms with Crippen molar-refractivity contribution >= 4 is 5.97 Å². The molecule has 1 atom stereocenters. The highest BCUT2D eigenvalue weighted by atomic mass is 16.5. The van der Waals surface area contributed by atoms with E-state index >= 15 is 0 Å². The predicted molar refractivity (Wildman–Crippen MR) is 52.3 cm³/mol. The number of aliphatic carboxylic acids is 1. The molecule has 76 valence electrons. The average Bonchev–Trinajstić information content (AvgIpc) is 2.14. The lowest BCUT2D eigenvalue weighted by molar-refractivity contribution is -0.144. The summed E-state index contributed by atoms with van der Waals surface area (Å²) in [6, 6.07) is 7.19. The van der Waals surface area contributed by atoms with E-state index in [4.69, 9.17) is 15.6 Å². The first-order valence-electron chi connectivity index (χ1n) is 4.29. The Morgan fingerprint density at radius 2 is 2.36 bits per heavy atom. The largest absolute Gasteiger partial charge is 0.478 e. The molecular formula is C10H13NO3. The summed E-state index contributed by atoms with van der Waals surface area (Å²) in [5, 5.41) is 8.70. The zero-order valence-electron chi connectivity index (χ0n) is 7.93. The second-order valence-electron chi connectivity index (χ2n) is 3.00. The van der Waals surface area contributed by atoms with Crippen LogP contribution in [0.2, 0.25) is 0 Å².